The van der Waals surface area contributed by atoms with Crippen LogP contribution in [0.4, 0.5) is 11.4 Å². The number of rotatable bonds is 5. The summed E-state index contributed by atoms with van der Waals surface area (Å²) in [5.41, 5.74) is 2.04. The van der Waals surface area contributed by atoms with Gasteiger partial charge in [-0.25, -0.2) is 0 Å². The fourth-order valence-electron chi connectivity index (χ4n) is 3.26. The van der Waals surface area contributed by atoms with Crippen LogP contribution in [0.5, 0.6) is 5.75 Å². The summed E-state index contributed by atoms with van der Waals surface area (Å²) in [4.78, 5) is 16.3. The van der Waals surface area contributed by atoms with Crippen LogP contribution >= 0.6 is 0 Å². The number of carbonyl (C=O) groups excluding carboxylic acids is 1. The molecule has 2 aromatic carbocycles. The maximum absolute atomic E-state index is 12.6. The summed E-state index contributed by atoms with van der Waals surface area (Å²) in [5.74, 6) is 0.797. The Balaban J connectivity index is 1.54. The van der Waals surface area contributed by atoms with Crippen LogP contribution in [0.3, 0.4) is 0 Å². The van der Waals surface area contributed by atoms with Gasteiger partial charge in [-0.1, -0.05) is 24.3 Å². The molecule has 1 aliphatic rings. The van der Waals surface area contributed by atoms with Gasteiger partial charge in [0.1, 0.15) is 5.75 Å². The highest BCUT2D eigenvalue weighted by atomic mass is 16.5. The monoisotopic (exact) mass is 340 g/mol. The summed E-state index contributed by atoms with van der Waals surface area (Å²) in [6, 6.07) is 17.9. The van der Waals surface area contributed by atoms with E-state index in [1.807, 2.05) is 37.3 Å². The van der Waals surface area contributed by atoms with E-state index in [9.17, 15) is 4.79 Å². The average Bonchev–Trinajstić information content (AvgIpc) is 2.68. The van der Waals surface area contributed by atoms with Gasteiger partial charge in [-0.05, 0) is 31.2 Å². The first kappa shape index (κ1) is 17.3. The first-order valence-corrected chi connectivity index (χ1v) is 8.77. The van der Waals surface area contributed by atoms with Crippen molar-refractivity contribution < 1.29 is 14.4 Å². The van der Waals surface area contributed by atoms with Crippen molar-refractivity contribution in [2.75, 3.05) is 43.5 Å². The van der Waals surface area contributed by atoms with E-state index in [-0.39, 0.29) is 11.9 Å². The topological polar surface area (TPSA) is 46.0 Å². The highest BCUT2D eigenvalue weighted by Gasteiger charge is 2.29. The van der Waals surface area contributed by atoms with E-state index in [0.717, 1.165) is 37.6 Å². The van der Waals surface area contributed by atoms with Gasteiger partial charge in [-0.15, -0.1) is 0 Å². The maximum Gasteiger partial charge on any atom is 0.282 e. The van der Waals surface area contributed by atoms with Crippen LogP contribution in [0.15, 0.2) is 54.6 Å². The van der Waals surface area contributed by atoms with Gasteiger partial charge in [-0.3, -0.25) is 4.79 Å². The zero-order chi connectivity index (χ0) is 17.6. The Morgan fingerprint density at radius 3 is 2.52 bits per heavy atom. The molecular weight excluding hydrogens is 314 g/mol. The smallest absolute Gasteiger partial charge is 0.282 e. The van der Waals surface area contributed by atoms with Crippen LogP contribution in [-0.2, 0) is 4.79 Å². The van der Waals surface area contributed by atoms with Gasteiger partial charge in [-0.2, -0.15) is 0 Å². The van der Waals surface area contributed by atoms with Crippen molar-refractivity contribution in [2.45, 2.75) is 13.0 Å². The summed E-state index contributed by atoms with van der Waals surface area (Å²) in [5, 5.41) is 3.00. The van der Waals surface area contributed by atoms with Crippen LogP contribution in [0.25, 0.3) is 0 Å². The lowest BCUT2D eigenvalue weighted by Gasteiger charge is -2.36. The van der Waals surface area contributed by atoms with Gasteiger partial charge in [0.05, 0.1) is 33.3 Å². The molecule has 25 heavy (non-hydrogen) atoms. The summed E-state index contributed by atoms with van der Waals surface area (Å²) in [6.07, 6.45) is 0. The molecule has 2 aromatic rings. The van der Waals surface area contributed by atoms with Crippen LogP contribution in [-0.4, -0.2) is 45.2 Å². The number of methoxy groups -OCH3 is 1. The number of benzene rings is 2. The molecule has 0 spiro atoms. The Labute approximate surface area is 149 Å². The second-order valence-electron chi connectivity index (χ2n) is 6.42. The van der Waals surface area contributed by atoms with Gasteiger partial charge in [0.25, 0.3) is 5.91 Å². The Morgan fingerprint density at radius 1 is 1.12 bits per heavy atom. The molecule has 1 saturated heterocycles. The Bertz CT molecular complexity index is 697. The first-order chi connectivity index (χ1) is 12.2. The standard InChI is InChI=1S/C20H25N3O2/c1-16(20(24)21-17-7-6-10-19(15-17)25-2)22-11-13-23(14-12-22)18-8-4-3-5-9-18/h3-10,15-16H,11-14H2,1-2H3,(H,21,24)/p+1/t16-/m1/s1. The zero-order valence-electron chi connectivity index (χ0n) is 14.9. The number of hydrogen-bond acceptors (Lipinski definition) is 3. The van der Waals surface area contributed by atoms with Gasteiger partial charge in [0.2, 0.25) is 0 Å². The fourth-order valence-corrected chi connectivity index (χ4v) is 3.26. The molecule has 1 amide bonds. The van der Waals surface area contributed by atoms with Crippen LogP contribution in [0.1, 0.15) is 6.92 Å². The van der Waals surface area contributed by atoms with Crippen molar-refractivity contribution in [1.29, 1.82) is 0 Å². The van der Waals surface area contributed by atoms with Crippen LogP contribution in [0, 0.1) is 0 Å². The maximum atomic E-state index is 12.6. The van der Waals surface area contributed by atoms with E-state index < -0.39 is 0 Å². The zero-order valence-corrected chi connectivity index (χ0v) is 14.9. The van der Waals surface area contributed by atoms with Gasteiger partial charge in [0, 0.05) is 17.4 Å². The second-order valence-corrected chi connectivity index (χ2v) is 6.42. The number of amides is 1. The summed E-state index contributed by atoms with van der Waals surface area (Å²) in [6.45, 7) is 5.86. The number of piperazine rings is 1. The lowest BCUT2D eigenvalue weighted by Crippen LogP contribution is -3.19. The van der Waals surface area contributed by atoms with Crippen molar-refractivity contribution in [3.05, 3.63) is 54.6 Å². The molecule has 0 aromatic heterocycles. The highest BCUT2D eigenvalue weighted by molar-refractivity contribution is 5.93. The van der Waals surface area contributed by atoms with Crippen molar-refractivity contribution in [2.24, 2.45) is 0 Å². The Morgan fingerprint density at radius 2 is 1.84 bits per heavy atom. The number of anilines is 2. The molecule has 0 aliphatic carbocycles. The molecule has 132 valence electrons. The predicted octanol–water partition coefficient (Wildman–Crippen LogP) is 1.43. The highest BCUT2D eigenvalue weighted by Crippen LogP contribution is 2.17. The molecule has 1 fully saturated rings. The molecule has 0 unspecified atom stereocenters. The molecule has 3 rings (SSSR count). The second kappa shape index (κ2) is 8.03. The minimum atomic E-state index is -0.0795. The molecule has 2 N–H and O–H groups in total. The van der Waals surface area contributed by atoms with E-state index in [1.165, 1.54) is 10.6 Å². The molecule has 5 heteroatoms. The lowest BCUT2D eigenvalue weighted by molar-refractivity contribution is -0.914. The molecular formula is C20H26N3O2+. The van der Waals surface area contributed by atoms with Gasteiger partial charge < -0.3 is 19.9 Å². The van der Waals surface area contributed by atoms with Gasteiger partial charge in [0.15, 0.2) is 6.04 Å². The number of para-hydroxylation sites is 1. The van der Waals surface area contributed by atoms with Crippen molar-refractivity contribution in [3.63, 3.8) is 0 Å². The Hall–Kier alpha value is -2.53. The molecule has 0 radical (unpaired) electrons. The third kappa shape index (κ3) is 4.31. The molecule has 0 saturated carbocycles. The fraction of sp³-hybridized carbons (Fsp3) is 0.350. The molecule has 1 atom stereocenters. The minimum Gasteiger partial charge on any atom is -0.497 e. The van der Waals surface area contributed by atoms with Crippen LogP contribution in [0.2, 0.25) is 0 Å². The first-order valence-electron chi connectivity index (χ1n) is 8.77. The Kier molecular flexibility index (Phi) is 5.56. The number of quaternary nitrogens is 1. The summed E-state index contributed by atoms with van der Waals surface area (Å²) >= 11 is 0. The van der Waals surface area contributed by atoms with Crippen molar-refractivity contribution in [3.8, 4) is 5.75 Å². The lowest BCUT2D eigenvalue weighted by atomic mass is 10.2. The number of ether oxygens (including phenoxy) is 1. The SMILES string of the molecule is COc1cccc(NC(=O)[C@@H](C)[NH+]2CCN(c3ccccc3)CC2)c1. The largest absolute Gasteiger partial charge is 0.497 e. The number of hydrogen-bond donors (Lipinski definition) is 2. The number of nitrogens with zero attached hydrogens (tertiary/aromatic N) is 1. The molecule has 1 aliphatic heterocycles. The quantitative estimate of drug-likeness (QED) is 0.866. The van der Waals surface area contributed by atoms with Crippen LogP contribution < -0.4 is 19.9 Å². The number of carbonyl (C=O) groups is 1. The van der Waals surface area contributed by atoms with Crippen molar-refractivity contribution in [1.82, 2.24) is 0 Å². The van der Waals surface area contributed by atoms with Crippen molar-refractivity contribution >= 4 is 17.3 Å². The van der Waals surface area contributed by atoms with E-state index >= 15 is 0 Å². The summed E-state index contributed by atoms with van der Waals surface area (Å²) in [7, 11) is 1.62. The van der Waals surface area contributed by atoms with E-state index in [0.29, 0.717) is 0 Å². The van der Waals surface area contributed by atoms with Gasteiger partial charge >= 0.3 is 0 Å². The molecule has 5 nitrogen and oxygen atoms in total. The number of nitrogens with one attached hydrogen (secondary N) is 2. The third-order valence-electron chi connectivity index (χ3n) is 4.87. The molecule has 1 heterocycles. The van der Waals surface area contributed by atoms with E-state index in [1.54, 1.807) is 7.11 Å². The normalized spacial score (nSPS) is 16.3. The minimum absolute atomic E-state index is 0.0522. The van der Waals surface area contributed by atoms with E-state index in [4.69, 9.17) is 4.74 Å². The third-order valence-corrected chi connectivity index (χ3v) is 4.87. The van der Waals surface area contributed by atoms with E-state index in [2.05, 4.69) is 34.5 Å². The average molecular weight is 340 g/mol. The predicted molar refractivity (Wildman–Crippen MR) is 100 cm³/mol. The molecule has 0 bridgehead atoms. The summed E-state index contributed by atoms with van der Waals surface area (Å²) < 4.78 is 5.21.